The monoisotopic (exact) mass is 248 g/mol. The highest BCUT2D eigenvalue weighted by molar-refractivity contribution is 6.35. The smallest absolute Gasteiger partial charge is 0.0503 e. The Hall–Kier alpha value is -0.990. The molecule has 1 aromatic heterocycles. The van der Waals surface area contributed by atoms with Crippen molar-refractivity contribution in [3.8, 4) is 0 Å². The van der Waals surface area contributed by atoms with E-state index in [1.165, 1.54) is 24.8 Å². The minimum absolute atomic E-state index is 0.553. The van der Waals surface area contributed by atoms with Crippen molar-refractivity contribution in [1.82, 2.24) is 4.57 Å². The highest BCUT2D eigenvalue weighted by Crippen LogP contribution is 2.32. The van der Waals surface area contributed by atoms with E-state index in [0.29, 0.717) is 6.54 Å². The van der Waals surface area contributed by atoms with Gasteiger partial charge in [-0.25, -0.2) is 0 Å². The maximum Gasteiger partial charge on any atom is 0.0503 e. The van der Waals surface area contributed by atoms with Gasteiger partial charge < -0.3 is 10.3 Å². The first kappa shape index (κ1) is 11.1. The van der Waals surface area contributed by atoms with Crippen LogP contribution < -0.4 is 5.73 Å². The third-order valence-electron chi connectivity index (χ3n) is 3.83. The lowest BCUT2D eigenvalue weighted by Gasteiger charge is -2.26. The van der Waals surface area contributed by atoms with Gasteiger partial charge >= 0.3 is 0 Å². The number of hydrogen-bond acceptors (Lipinski definition) is 1. The van der Waals surface area contributed by atoms with Gasteiger partial charge in [-0.3, -0.25) is 0 Å². The molecule has 2 nitrogen and oxygen atoms in total. The molecular formula is C14H17ClN2. The average molecular weight is 249 g/mol. The average Bonchev–Trinajstić information content (AvgIpc) is 2.63. The van der Waals surface area contributed by atoms with Gasteiger partial charge in [0, 0.05) is 30.2 Å². The fourth-order valence-corrected chi connectivity index (χ4v) is 2.94. The summed E-state index contributed by atoms with van der Waals surface area (Å²) in [6, 6.07) is 6.10. The first-order valence-corrected chi connectivity index (χ1v) is 6.63. The summed E-state index contributed by atoms with van der Waals surface area (Å²) in [4.78, 5) is 0. The number of nitrogens with zero attached hydrogens (tertiary/aromatic N) is 1. The molecule has 2 N–H and O–H groups in total. The molecule has 1 fully saturated rings. The summed E-state index contributed by atoms with van der Waals surface area (Å²) < 4.78 is 2.33. The summed E-state index contributed by atoms with van der Waals surface area (Å²) in [6.07, 6.45) is 6.28. The number of hydrogen-bond donors (Lipinski definition) is 1. The second-order valence-corrected chi connectivity index (χ2v) is 5.35. The van der Waals surface area contributed by atoms with Crippen LogP contribution in [0.3, 0.4) is 0 Å². The number of nitrogens with two attached hydrogens (primary N) is 1. The normalized spacial score (nSPS) is 16.4. The molecule has 90 valence electrons. The van der Waals surface area contributed by atoms with Crippen LogP contribution in [0.1, 0.15) is 24.8 Å². The molecule has 1 aromatic carbocycles. The minimum Gasteiger partial charge on any atom is -0.347 e. The molecule has 0 saturated heterocycles. The maximum absolute atomic E-state index is 6.27. The fraction of sp³-hybridized carbons (Fsp3) is 0.429. The Balaban J connectivity index is 2.08. The fourth-order valence-electron chi connectivity index (χ4n) is 2.65. The second kappa shape index (κ2) is 4.35. The van der Waals surface area contributed by atoms with E-state index in [1.54, 1.807) is 0 Å². The zero-order valence-electron chi connectivity index (χ0n) is 9.82. The molecule has 2 aromatic rings. The molecule has 0 aliphatic heterocycles. The van der Waals surface area contributed by atoms with Crippen molar-refractivity contribution < 1.29 is 0 Å². The van der Waals surface area contributed by atoms with Gasteiger partial charge in [0.05, 0.1) is 5.02 Å². The SMILES string of the molecule is NCc1cn(CC2CCC2)c2cccc(Cl)c12. The minimum atomic E-state index is 0.553. The lowest BCUT2D eigenvalue weighted by molar-refractivity contribution is 0.279. The van der Waals surface area contributed by atoms with Crippen LogP contribution in [0.2, 0.25) is 5.02 Å². The van der Waals surface area contributed by atoms with Crippen LogP contribution in [0.15, 0.2) is 24.4 Å². The third-order valence-corrected chi connectivity index (χ3v) is 4.15. The molecule has 1 saturated carbocycles. The molecular weight excluding hydrogens is 232 g/mol. The zero-order valence-corrected chi connectivity index (χ0v) is 10.6. The molecule has 0 bridgehead atoms. The van der Waals surface area contributed by atoms with E-state index < -0.39 is 0 Å². The Morgan fingerprint density at radius 1 is 1.35 bits per heavy atom. The quantitative estimate of drug-likeness (QED) is 0.885. The summed E-state index contributed by atoms with van der Waals surface area (Å²) in [5.74, 6) is 0.843. The molecule has 0 radical (unpaired) electrons. The Morgan fingerprint density at radius 3 is 2.82 bits per heavy atom. The summed E-state index contributed by atoms with van der Waals surface area (Å²) >= 11 is 6.27. The van der Waals surface area contributed by atoms with Gasteiger partial charge in [0.2, 0.25) is 0 Å². The Labute approximate surface area is 106 Å². The highest BCUT2D eigenvalue weighted by atomic mass is 35.5. The van der Waals surface area contributed by atoms with Crippen molar-refractivity contribution in [1.29, 1.82) is 0 Å². The van der Waals surface area contributed by atoms with E-state index >= 15 is 0 Å². The lowest BCUT2D eigenvalue weighted by atomic mass is 9.85. The first-order chi connectivity index (χ1) is 8.29. The first-order valence-electron chi connectivity index (χ1n) is 6.26. The number of rotatable bonds is 3. The van der Waals surface area contributed by atoms with Crippen LogP contribution in [-0.4, -0.2) is 4.57 Å². The van der Waals surface area contributed by atoms with E-state index in [2.05, 4.69) is 16.8 Å². The van der Waals surface area contributed by atoms with Gasteiger partial charge in [0.1, 0.15) is 0 Å². The molecule has 1 heterocycles. The van der Waals surface area contributed by atoms with E-state index in [1.807, 2.05) is 12.1 Å². The second-order valence-electron chi connectivity index (χ2n) is 4.94. The van der Waals surface area contributed by atoms with Gasteiger partial charge in [-0.05, 0) is 36.5 Å². The summed E-state index contributed by atoms with van der Waals surface area (Å²) in [7, 11) is 0. The van der Waals surface area contributed by atoms with E-state index in [4.69, 9.17) is 17.3 Å². The lowest BCUT2D eigenvalue weighted by Crippen LogP contribution is -2.17. The molecule has 0 atom stereocenters. The topological polar surface area (TPSA) is 30.9 Å². The molecule has 3 rings (SSSR count). The molecule has 17 heavy (non-hydrogen) atoms. The van der Waals surface area contributed by atoms with Gasteiger partial charge in [0.15, 0.2) is 0 Å². The molecule has 1 aliphatic carbocycles. The van der Waals surface area contributed by atoms with Crippen LogP contribution in [0.25, 0.3) is 10.9 Å². The summed E-state index contributed by atoms with van der Waals surface area (Å²) in [6.45, 7) is 1.66. The molecule has 0 amide bonds. The largest absolute Gasteiger partial charge is 0.347 e. The van der Waals surface area contributed by atoms with Crippen molar-refractivity contribution in [2.24, 2.45) is 11.7 Å². The number of fused-ring (bicyclic) bond motifs is 1. The molecule has 3 heteroatoms. The maximum atomic E-state index is 6.27. The molecule has 1 aliphatic rings. The number of aromatic nitrogens is 1. The molecule has 0 unspecified atom stereocenters. The van der Waals surface area contributed by atoms with Crippen molar-refractivity contribution in [2.75, 3.05) is 0 Å². The van der Waals surface area contributed by atoms with Crippen molar-refractivity contribution in [2.45, 2.75) is 32.4 Å². The van der Waals surface area contributed by atoms with Crippen molar-refractivity contribution >= 4 is 22.5 Å². The predicted molar refractivity (Wildman–Crippen MR) is 72.2 cm³/mol. The summed E-state index contributed by atoms with van der Waals surface area (Å²) in [5, 5.41) is 1.95. The standard InChI is InChI=1S/C14H17ClN2/c15-12-5-2-6-13-14(12)11(7-16)9-17(13)8-10-3-1-4-10/h2,5-6,9-10H,1,3-4,7-8,16H2. The van der Waals surface area contributed by atoms with Crippen LogP contribution >= 0.6 is 11.6 Å². The number of halogens is 1. The van der Waals surface area contributed by atoms with Gasteiger partial charge in [0.25, 0.3) is 0 Å². The third kappa shape index (κ3) is 1.85. The van der Waals surface area contributed by atoms with Crippen LogP contribution in [0.5, 0.6) is 0 Å². The van der Waals surface area contributed by atoms with E-state index in [-0.39, 0.29) is 0 Å². The summed E-state index contributed by atoms with van der Waals surface area (Å²) in [5.41, 5.74) is 8.19. The van der Waals surface area contributed by atoms with E-state index in [9.17, 15) is 0 Å². The Morgan fingerprint density at radius 2 is 2.18 bits per heavy atom. The Kier molecular flexibility index (Phi) is 2.85. The molecule has 0 spiro atoms. The van der Waals surface area contributed by atoms with Gasteiger partial charge in [-0.15, -0.1) is 0 Å². The Bertz CT molecular complexity index is 540. The predicted octanol–water partition coefficient (Wildman–Crippen LogP) is 3.55. The van der Waals surface area contributed by atoms with Gasteiger partial charge in [-0.1, -0.05) is 24.1 Å². The zero-order chi connectivity index (χ0) is 11.8. The van der Waals surface area contributed by atoms with Gasteiger partial charge in [-0.2, -0.15) is 0 Å². The van der Waals surface area contributed by atoms with Crippen LogP contribution in [0.4, 0.5) is 0 Å². The number of benzene rings is 1. The van der Waals surface area contributed by atoms with Crippen molar-refractivity contribution in [3.05, 3.63) is 35.0 Å². The van der Waals surface area contributed by atoms with Crippen LogP contribution in [-0.2, 0) is 13.1 Å². The van der Waals surface area contributed by atoms with Crippen LogP contribution in [0, 0.1) is 5.92 Å². The van der Waals surface area contributed by atoms with Crippen molar-refractivity contribution in [3.63, 3.8) is 0 Å². The van der Waals surface area contributed by atoms with E-state index in [0.717, 1.165) is 28.4 Å². The highest BCUT2D eigenvalue weighted by Gasteiger charge is 2.19.